The summed E-state index contributed by atoms with van der Waals surface area (Å²) < 4.78 is 30.1. The highest BCUT2D eigenvalue weighted by Crippen LogP contribution is 2.38. The number of nitrogens with one attached hydrogen (secondary N) is 1. The van der Waals surface area contributed by atoms with Crippen molar-refractivity contribution in [2.75, 3.05) is 17.2 Å². The molecule has 1 amide bonds. The van der Waals surface area contributed by atoms with Gasteiger partial charge in [0.05, 0.1) is 18.8 Å². The Balaban J connectivity index is 1.72. The number of aryl methyl sites for hydroxylation is 1. The molecule has 10 heteroatoms. The fourth-order valence-electron chi connectivity index (χ4n) is 4.35. The Kier molecular flexibility index (Phi) is 4.30. The summed E-state index contributed by atoms with van der Waals surface area (Å²) in [5.41, 5.74) is 7.84. The van der Waals surface area contributed by atoms with Crippen LogP contribution in [-0.2, 0) is 6.42 Å². The first kappa shape index (κ1) is 18.7. The SMILES string of the molecule is CC1CCc2ncc(F)cc2[C@H]2C[C@@H](F)CN2c2ccn3nc(N)c(c3n2)C(=O)N1. The first-order valence-electron chi connectivity index (χ1n) is 9.91. The van der Waals surface area contributed by atoms with Crippen molar-refractivity contribution >= 4 is 23.2 Å². The quantitative estimate of drug-likeness (QED) is 0.586. The average Bonchev–Trinajstić information content (AvgIpc) is 3.24. The van der Waals surface area contributed by atoms with Crippen LogP contribution in [0.1, 0.15) is 47.4 Å². The van der Waals surface area contributed by atoms with Gasteiger partial charge in [0.2, 0.25) is 0 Å². The molecule has 8 nitrogen and oxygen atoms in total. The summed E-state index contributed by atoms with van der Waals surface area (Å²) in [4.78, 5) is 23.6. The van der Waals surface area contributed by atoms with Crippen LogP contribution in [0.3, 0.4) is 0 Å². The van der Waals surface area contributed by atoms with Crippen LogP contribution in [0.4, 0.5) is 20.4 Å². The molecule has 1 saturated heterocycles. The van der Waals surface area contributed by atoms with Gasteiger partial charge in [0.1, 0.15) is 23.4 Å². The summed E-state index contributed by atoms with van der Waals surface area (Å²) in [6.45, 7) is 1.99. The van der Waals surface area contributed by atoms with E-state index in [1.165, 1.54) is 16.8 Å². The van der Waals surface area contributed by atoms with Gasteiger partial charge in [-0.05, 0) is 37.5 Å². The number of hydrogen-bond acceptors (Lipinski definition) is 6. The molecule has 0 saturated carbocycles. The van der Waals surface area contributed by atoms with E-state index >= 15 is 0 Å². The number of amides is 1. The molecule has 3 aromatic rings. The third-order valence-electron chi connectivity index (χ3n) is 5.79. The van der Waals surface area contributed by atoms with Crippen molar-refractivity contribution in [1.29, 1.82) is 0 Å². The molecule has 3 N–H and O–H groups in total. The molecule has 1 fully saturated rings. The predicted molar refractivity (Wildman–Crippen MR) is 106 cm³/mol. The summed E-state index contributed by atoms with van der Waals surface area (Å²) in [6, 6.07) is 2.53. The molecular formula is C20H21F2N7O. The maximum atomic E-state index is 14.5. The third-order valence-corrected chi connectivity index (χ3v) is 5.79. The Morgan fingerprint density at radius 3 is 3.03 bits per heavy atom. The van der Waals surface area contributed by atoms with Gasteiger partial charge in [-0.2, -0.15) is 0 Å². The van der Waals surface area contributed by atoms with Gasteiger partial charge in [-0.15, -0.1) is 5.10 Å². The largest absolute Gasteiger partial charge is 0.381 e. The van der Waals surface area contributed by atoms with Crippen LogP contribution in [-0.4, -0.2) is 44.2 Å². The van der Waals surface area contributed by atoms with Crippen LogP contribution < -0.4 is 16.0 Å². The van der Waals surface area contributed by atoms with Crippen LogP contribution in [0.25, 0.3) is 5.65 Å². The molecule has 156 valence electrons. The van der Waals surface area contributed by atoms with E-state index in [1.54, 1.807) is 17.2 Å². The Hall–Kier alpha value is -3.30. The Morgan fingerprint density at radius 1 is 1.37 bits per heavy atom. The Morgan fingerprint density at radius 2 is 2.20 bits per heavy atom. The lowest BCUT2D eigenvalue weighted by Gasteiger charge is -2.27. The lowest BCUT2D eigenvalue weighted by atomic mass is 9.98. The van der Waals surface area contributed by atoms with E-state index in [-0.39, 0.29) is 36.3 Å². The van der Waals surface area contributed by atoms with Gasteiger partial charge < -0.3 is 16.0 Å². The fraction of sp³-hybridized carbons (Fsp3) is 0.400. The molecule has 3 aromatic heterocycles. The molecule has 30 heavy (non-hydrogen) atoms. The summed E-state index contributed by atoms with van der Waals surface area (Å²) in [7, 11) is 0. The number of nitrogens with zero attached hydrogens (tertiary/aromatic N) is 5. The van der Waals surface area contributed by atoms with Gasteiger partial charge >= 0.3 is 0 Å². The van der Waals surface area contributed by atoms with Crippen molar-refractivity contribution in [2.45, 2.75) is 44.4 Å². The van der Waals surface area contributed by atoms with Gasteiger partial charge in [-0.1, -0.05) is 0 Å². The minimum atomic E-state index is -1.09. The van der Waals surface area contributed by atoms with E-state index < -0.39 is 18.0 Å². The topological polar surface area (TPSA) is 101 Å². The first-order chi connectivity index (χ1) is 14.4. The molecule has 0 radical (unpaired) electrons. The number of nitrogen functional groups attached to an aromatic ring is 1. The van der Waals surface area contributed by atoms with Crippen molar-refractivity contribution in [3.63, 3.8) is 0 Å². The molecule has 5 rings (SSSR count). The zero-order valence-electron chi connectivity index (χ0n) is 16.3. The van der Waals surface area contributed by atoms with Gasteiger partial charge in [-0.25, -0.2) is 18.3 Å². The molecule has 1 unspecified atom stereocenters. The minimum absolute atomic E-state index is 0.0765. The predicted octanol–water partition coefficient (Wildman–Crippen LogP) is 2.20. The molecule has 0 spiro atoms. The van der Waals surface area contributed by atoms with Crippen LogP contribution in [0.15, 0.2) is 24.5 Å². The van der Waals surface area contributed by atoms with Crippen LogP contribution >= 0.6 is 0 Å². The second-order valence-corrected chi connectivity index (χ2v) is 7.92. The number of pyridine rings is 1. The molecule has 0 aliphatic carbocycles. The molecule has 2 aliphatic rings. The molecule has 5 heterocycles. The van der Waals surface area contributed by atoms with Gasteiger partial charge in [0.15, 0.2) is 11.5 Å². The lowest BCUT2D eigenvalue weighted by Crippen LogP contribution is -2.33. The third kappa shape index (κ3) is 3.03. The van der Waals surface area contributed by atoms with E-state index in [0.29, 0.717) is 35.6 Å². The standard InChI is InChI=1S/C20H21F2N7O/c1-10-2-3-14-13(6-11(21)8-24-14)15-7-12(22)9-28(15)16-4-5-29-19(26-16)17(18(23)27-29)20(30)25-10/h4-6,8,10,12,15H,2-3,7,9H2,1H3,(H2,23,27)(H,25,30)/t10?,12-,15-/m1/s1. The van der Waals surface area contributed by atoms with Crippen molar-refractivity contribution in [1.82, 2.24) is 24.9 Å². The van der Waals surface area contributed by atoms with E-state index in [1.807, 2.05) is 6.92 Å². The highest BCUT2D eigenvalue weighted by atomic mass is 19.1. The number of rotatable bonds is 0. The number of fused-ring (bicyclic) bond motifs is 5. The molecule has 2 aliphatic heterocycles. The van der Waals surface area contributed by atoms with E-state index in [0.717, 1.165) is 0 Å². The highest BCUT2D eigenvalue weighted by Gasteiger charge is 2.36. The van der Waals surface area contributed by atoms with Gasteiger partial charge in [0, 0.05) is 24.4 Å². The van der Waals surface area contributed by atoms with Gasteiger partial charge in [0.25, 0.3) is 5.91 Å². The number of halogens is 2. The molecule has 0 aromatic carbocycles. The summed E-state index contributed by atoms with van der Waals surface area (Å²) in [6.07, 6.45) is 3.04. The first-order valence-corrected chi connectivity index (χ1v) is 9.91. The second kappa shape index (κ2) is 6.89. The van der Waals surface area contributed by atoms with Crippen LogP contribution in [0.2, 0.25) is 0 Å². The molecule has 3 atom stereocenters. The number of carbonyl (C=O) groups is 1. The van der Waals surface area contributed by atoms with E-state index in [9.17, 15) is 13.6 Å². The zero-order valence-corrected chi connectivity index (χ0v) is 16.3. The monoisotopic (exact) mass is 413 g/mol. The Labute approximate surface area is 171 Å². The number of alkyl halides is 1. The smallest absolute Gasteiger partial charge is 0.259 e. The zero-order chi connectivity index (χ0) is 21.0. The summed E-state index contributed by atoms with van der Waals surface area (Å²) in [5.74, 6) is -0.278. The highest BCUT2D eigenvalue weighted by molar-refractivity contribution is 6.04. The van der Waals surface area contributed by atoms with Crippen molar-refractivity contribution < 1.29 is 13.6 Å². The number of nitrogens with two attached hydrogens (primary N) is 1. The minimum Gasteiger partial charge on any atom is -0.381 e. The number of anilines is 2. The molecule has 2 bridgehead atoms. The maximum Gasteiger partial charge on any atom is 0.259 e. The summed E-state index contributed by atoms with van der Waals surface area (Å²) in [5, 5.41) is 7.10. The van der Waals surface area contributed by atoms with Crippen molar-refractivity contribution in [3.8, 4) is 0 Å². The van der Waals surface area contributed by atoms with Crippen molar-refractivity contribution in [2.24, 2.45) is 0 Å². The number of carbonyl (C=O) groups excluding carboxylic acids is 1. The average molecular weight is 413 g/mol. The Bertz CT molecular complexity index is 1150. The number of aromatic nitrogens is 4. The second-order valence-electron chi connectivity index (χ2n) is 7.92. The fourth-order valence-corrected chi connectivity index (χ4v) is 4.35. The van der Waals surface area contributed by atoms with Crippen LogP contribution in [0, 0.1) is 5.82 Å². The van der Waals surface area contributed by atoms with Gasteiger partial charge in [-0.3, -0.25) is 9.78 Å². The van der Waals surface area contributed by atoms with E-state index in [4.69, 9.17) is 5.73 Å². The lowest BCUT2D eigenvalue weighted by molar-refractivity contribution is 0.0940. The summed E-state index contributed by atoms with van der Waals surface area (Å²) >= 11 is 0. The normalized spacial score (nSPS) is 24.0. The van der Waals surface area contributed by atoms with Crippen molar-refractivity contribution in [3.05, 3.63) is 47.2 Å². The van der Waals surface area contributed by atoms with Crippen LogP contribution in [0.5, 0.6) is 0 Å². The molecular weight excluding hydrogens is 392 g/mol. The maximum absolute atomic E-state index is 14.5. The van der Waals surface area contributed by atoms with E-state index in [2.05, 4.69) is 20.4 Å². The number of hydrogen-bond donors (Lipinski definition) is 2.